The second-order valence-electron chi connectivity index (χ2n) is 4.19. The van der Waals surface area contributed by atoms with E-state index in [0.29, 0.717) is 24.9 Å². The topological polar surface area (TPSA) is 47.0 Å². The van der Waals surface area contributed by atoms with Gasteiger partial charge in [-0.2, -0.15) is 13.2 Å². The van der Waals surface area contributed by atoms with Crippen LogP contribution in [0.15, 0.2) is 12.3 Å². The van der Waals surface area contributed by atoms with Crippen molar-refractivity contribution in [3.8, 4) is 0 Å². The Kier molecular flexibility index (Phi) is 4.00. The van der Waals surface area contributed by atoms with Gasteiger partial charge in [-0.3, -0.25) is 0 Å². The molecule has 1 atom stereocenters. The van der Waals surface area contributed by atoms with Crippen molar-refractivity contribution in [2.24, 2.45) is 0 Å². The third-order valence-electron chi connectivity index (χ3n) is 2.64. The summed E-state index contributed by atoms with van der Waals surface area (Å²) in [6, 6.07) is 1.64. The number of hydrogen-bond acceptors (Lipinski definition) is 4. The lowest BCUT2D eigenvalue weighted by atomic mass is 10.2. The van der Waals surface area contributed by atoms with Crippen LogP contribution in [-0.2, 0) is 11.2 Å². The number of halogens is 3. The highest BCUT2D eigenvalue weighted by atomic mass is 19.4. The summed E-state index contributed by atoms with van der Waals surface area (Å²) < 4.78 is 41.5. The van der Waals surface area contributed by atoms with Gasteiger partial charge in [-0.05, 0) is 18.9 Å². The van der Waals surface area contributed by atoms with Crippen LogP contribution in [0.3, 0.4) is 0 Å². The average Bonchev–Trinajstić information content (AvgIpc) is 2.79. The van der Waals surface area contributed by atoms with Crippen LogP contribution in [0.25, 0.3) is 0 Å². The van der Waals surface area contributed by atoms with Crippen molar-refractivity contribution in [1.29, 1.82) is 0 Å². The van der Waals surface area contributed by atoms with Crippen LogP contribution in [0.1, 0.15) is 18.5 Å². The Morgan fingerprint density at radius 1 is 1.44 bits per heavy atom. The van der Waals surface area contributed by atoms with Gasteiger partial charge in [-0.25, -0.2) is 9.97 Å². The molecule has 1 N–H and O–H groups in total. The second-order valence-corrected chi connectivity index (χ2v) is 4.19. The molecule has 1 aliphatic rings. The van der Waals surface area contributed by atoms with E-state index in [1.807, 2.05) is 0 Å². The van der Waals surface area contributed by atoms with E-state index in [4.69, 9.17) is 4.74 Å². The minimum atomic E-state index is -4.15. The molecule has 1 saturated heterocycles. The van der Waals surface area contributed by atoms with E-state index in [-0.39, 0.29) is 12.5 Å². The Hall–Kier alpha value is -1.37. The molecule has 4 nitrogen and oxygen atoms in total. The lowest BCUT2D eigenvalue weighted by Crippen LogP contribution is -2.21. The molecule has 2 heterocycles. The predicted molar refractivity (Wildman–Crippen MR) is 59.3 cm³/mol. The van der Waals surface area contributed by atoms with Crippen LogP contribution in [-0.4, -0.2) is 35.4 Å². The summed E-state index contributed by atoms with van der Waals surface area (Å²) in [5.41, 5.74) is 0.392. The van der Waals surface area contributed by atoms with Crippen LogP contribution in [0, 0.1) is 0 Å². The number of hydrogen-bond donors (Lipinski definition) is 1. The Morgan fingerprint density at radius 3 is 2.94 bits per heavy atom. The zero-order valence-corrected chi connectivity index (χ0v) is 9.70. The van der Waals surface area contributed by atoms with Crippen LogP contribution < -0.4 is 5.32 Å². The molecular formula is C11H14F3N3O. The smallest absolute Gasteiger partial charge is 0.379 e. The van der Waals surface area contributed by atoms with Crippen molar-refractivity contribution in [2.45, 2.75) is 31.5 Å². The van der Waals surface area contributed by atoms with Crippen LogP contribution in [0.2, 0.25) is 0 Å². The first-order valence-electron chi connectivity index (χ1n) is 5.76. The fourth-order valence-corrected chi connectivity index (χ4v) is 1.71. The summed E-state index contributed by atoms with van der Waals surface area (Å²) in [5.74, 6) is 0.366. The maximum Gasteiger partial charge on any atom is 0.389 e. The number of alkyl halides is 3. The zero-order valence-electron chi connectivity index (χ0n) is 9.70. The Morgan fingerprint density at radius 2 is 2.28 bits per heavy atom. The highest BCUT2D eigenvalue weighted by Crippen LogP contribution is 2.21. The van der Waals surface area contributed by atoms with Gasteiger partial charge in [0.15, 0.2) is 0 Å². The number of ether oxygens (including phenoxy) is 1. The second kappa shape index (κ2) is 5.51. The minimum Gasteiger partial charge on any atom is -0.379 e. The first kappa shape index (κ1) is 13.1. The molecule has 0 amide bonds. The molecule has 0 radical (unpaired) electrons. The van der Waals surface area contributed by atoms with E-state index in [2.05, 4.69) is 15.3 Å². The summed E-state index contributed by atoms with van der Waals surface area (Å²) in [7, 11) is 0. The number of rotatable bonds is 4. The quantitative estimate of drug-likeness (QED) is 0.902. The summed E-state index contributed by atoms with van der Waals surface area (Å²) >= 11 is 0. The molecule has 1 aromatic rings. The summed E-state index contributed by atoms with van der Waals surface area (Å²) in [6.07, 6.45) is -2.82. The average molecular weight is 261 g/mol. The van der Waals surface area contributed by atoms with Crippen LogP contribution >= 0.6 is 0 Å². The first-order valence-corrected chi connectivity index (χ1v) is 5.76. The van der Waals surface area contributed by atoms with Gasteiger partial charge in [0, 0.05) is 24.9 Å². The van der Waals surface area contributed by atoms with Gasteiger partial charge < -0.3 is 10.1 Å². The molecule has 1 aromatic heterocycles. The Labute approximate surface area is 103 Å². The molecule has 0 spiro atoms. The van der Waals surface area contributed by atoms with E-state index in [9.17, 15) is 13.2 Å². The standard InChI is InChI=1S/C11H14F3N3O/c12-11(13,14)4-1-8-2-5-15-10(16-8)17-9-3-6-18-7-9/h2,5,9H,1,3-4,6-7H2,(H,15,16,17)/t9-/m0/s1. The summed E-state index contributed by atoms with van der Waals surface area (Å²) in [4.78, 5) is 8.05. The highest BCUT2D eigenvalue weighted by Gasteiger charge is 2.26. The summed E-state index contributed by atoms with van der Waals surface area (Å²) in [6.45, 7) is 1.27. The van der Waals surface area contributed by atoms with Crippen molar-refractivity contribution in [3.05, 3.63) is 18.0 Å². The van der Waals surface area contributed by atoms with Gasteiger partial charge in [-0.15, -0.1) is 0 Å². The minimum absolute atomic E-state index is 0.123. The van der Waals surface area contributed by atoms with Gasteiger partial charge in [0.05, 0.1) is 12.6 Å². The molecule has 1 fully saturated rings. The molecule has 0 aromatic carbocycles. The van der Waals surface area contributed by atoms with Gasteiger partial charge in [0.25, 0.3) is 0 Å². The SMILES string of the molecule is FC(F)(F)CCc1ccnc(N[C@H]2CCOC2)n1. The maximum atomic E-state index is 12.1. The maximum absolute atomic E-state index is 12.1. The van der Waals surface area contributed by atoms with Crippen molar-refractivity contribution in [1.82, 2.24) is 9.97 Å². The van der Waals surface area contributed by atoms with E-state index in [0.717, 1.165) is 6.42 Å². The van der Waals surface area contributed by atoms with Crippen LogP contribution in [0.5, 0.6) is 0 Å². The largest absolute Gasteiger partial charge is 0.389 e. The molecule has 100 valence electrons. The third-order valence-corrected chi connectivity index (χ3v) is 2.64. The van der Waals surface area contributed by atoms with Crippen molar-refractivity contribution < 1.29 is 17.9 Å². The Balaban J connectivity index is 1.92. The van der Waals surface area contributed by atoms with Gasteiger partial charge in [0.1, 0.15) is 0 Å². The number of anilines is 1. The van der Waals surface area contributed by atoms with E-state index in [1.54, 1.807) is 0 Å². The molecule has 0 saturated carbocycles. The van der Waals surface area contributed by atoms with Crippen molar-refractivity contribution in [2.75, 3.05) is 18.5 Å². The van der Waals surface area contributed by atoms with Gasteiger partial charge >= 0.3 is 6.18 Å². The zero-order chi connectivity index (χ0) is 13.0. The first-order chi connectivity index (χ1) is 8.53. The molecule has 0 unspecified atom stereocenters. The van der Waals surface area contributed by atoms with Crippen LogP contribution in [0.4, 0.5) is 19.1 Å². The molecule has 0 bridgehead atoms. The van der Waals surface area contributed by atoms with Gasteiger partial charge in [-0.1, -0.05) is 0 Å². The fourth-order valence-electron chi connectivity index (χ4n) is 1.71. The fraction of sp³-hybridized carbons (Fsp3) is 0.636. The Bertz CT molecular complexity index is 391. The van der Waals surface area contributed by atoms with E-state index < -0.39 is 12.6 Å². The molecule has 7 heteroatoms. The van der Waals surface area contributed by atoms with Gasteiger partial charge in [0.2, 0.25) is 5.95 Å². The monoisotopic (exact) mass is 261 g/mol. The number of aryl methyl sites for hydroxylation is 1. The third kappa shape index (κ3) is 4.14. The normalized spacial score (nSPS) is 20.1. The van der Waals surface area contributed by atoms with E-state index in [1.165, 1.54) is 12.3 Å². The number of nitrogens with one attached hydrogen (secondary N) is 1. The summed E-state index contributed by atoms with van der Waals surface area (Å²) in [5, 5.41) is 3.05. The van der Waals surface area contributed by atoms with Crippen molar-refractivity contribution in [3.63, 3.8) is 0 Å². The predicted octanol–water partition coefficient (Wildman–Crippen LogP) is 2.17. The molecule has 1 aliphatic heterocycles. The number of aromatic nitrogens is 2. The molecule has 18 heavy (non-hydrogen) atoms. The lowest BCUT2D eigenvalue weighted by molar-refractivity contribution is -0.134. The molecule has 2 rings (SSSR count). The molecule has 0 aliphatic carbocycles. The van der Waals surface area contributed by atoms with Crippen molar-refractivity contribution >= 4 is 5.95 Å². The highest BCUT2D eigenvalue weighted by molar-refractivity contribution is 5.27. The molecular weight excluding hydrogens is 247 g/mol. The lowest BCUT2D eigenvalue weighted by Gasteiger charge is -2.11. The number of nitrogens with zero attached hydrogens (tertiary/aromatic N) is 2. The van der Waals surface area contributed by atoms with E-state index >= 15 is 0 Å².